The predicted molar refractivity (Wildman–Crippen MR) is 137 cm³/mol. The van der Waals surface area contributed by atoms with Crippen molar-refractivity contribution >= 4 is 11.6 Å². The van der Waals surface area contributed by atoms with Gasteiger partial charge < -0.3 is 25.0 Å². The number of hydrogen-bond acceptors (Lipinski definition) is 8. The highest BCUT2D eigenvalue weighted by molar-refractivity contribution is 5.69. The van der Waals surface area contributed by atoms with E-state index in [0.717, 1.165) is 78.5 Å². The predicted octanol–water partition coefficient (Wildman–Crippen LogP) is 5.28. The summed E-state index contributed by atoms with van der Waals surface area (Å²) in [5.74, 6) is 2.57. The van der Waals surface area contributed by atoms with Gasteiger partial charge in [0.25, 0.3) is 0 Å². The van der Waals surface area contributed by atoms with Crippen LogP contribution in [0.2, 0.25) is 0 Å². The number of benzene rings is 1. The van der Waals surface area contributed by atoms with Crippen molar-refractivity contribution in [1.29, 1.82) is 0 Å². The van der Waals surface area contributed by atoms with E-state index in [1.807, 2.05) is 44.3 Å². The third-order valence-electron chi connectivity index (χ3n) is 6.46. The van der Waals surface area contributed by atoms with Crippen molar-refractivity contribution in [3.63, 3.8) is 0 Å². The zero-order valence-corrected chi connectivity index (χ0v) is 20.8. The fraction of sp³-hybridized carbons (Fsp3) is 0.519. The van der Waals surface area contributed by atoms with E-state index in [0.29, 0.717) is 18.5 Å². The highest BCUT2D eigenvalue weighted by atomic mass is 16.5. The van der Waals surface area contributed by atoms with Crippen LogP contribution < -0.4 is 15.4 Å². The lowest BCUT2D eigenvalue weighted by Crippen LogP contribution is -2.19. The molecule has 1 aliphatic carbocycles. The molecule has 2 aromatic heterocycles. The molecule has 0 radical (unpaired) electrons. The van der Waals surface area contributed by atoms with Crippen molar-refractivity contribution in [3.8, 4) is 17.0 Å². The van der Waals surface area contributed by atoms with Crippen LogP contribution in [0.25, 0.3) is 11.3 Å². The minimum absolute atomic E-state index is 0.218. The molecule has 0 aliphatic heterocycles. The first-order valence-corrected chi connectivity index (χ1v) is 12.8. The van der Waals surface area contributed by atoms with E-state index in [9.17, 15) is 0 Å². The van der Waals surface area contributed by atoms with Gasteiger partial charge in [-0.1, -0.05) is 30.5 Å². The summed E-state index contributed by atoms with van der Waals surface area (Å²) in [5.41, 5.74) is 4.81. The standard InChI is InChI=1S/C27H37N5O3/c1-19-18-29-27(30-22-11-6-12-23(17-22)34-16-8-14-28-13-7-15-33)31-25(19)24-20(2)35-32-26(24)21-9-4-3-5-10-21/h6,11-12,17-18,21,28,33H,3-5,7-10,13-16H2,1-2H3,(H,29,30,31). The van der Waals surface area contributed by atoms with Crippen LogP contribution in [0.4, 0.5) is 11.6 Å². The zero-order valence-electron chi connectivity index (χ0n) is 20.8. The van der Waals surface area contributed by atoms with Crippen LogP contribution in [-0.2, 0) is 0 Å². The van der Waals surface area contributed by atoms with Gasteiger partial charge in [-0.3, -0.25) is 0 Å². The number of aromatic nitrogens is 3. The first-order chi connectivity index (χ1) is 17.2. The van der Waals surface area contributed by atoms with Gasteiger partial charge in [-0.15, -0.1) is 0 Å². The smallest absolute Gasteiger partial charge is 0.227 e. The molecular formula is C27H37N5O3. The Morgan fingerprint density at radius 3 is 2.77 bits per heavy atom. The van der Waals surface area contributed by atoms with Gasteiger partial charge in [-0.2, -0.15) is 0 Å². The van der Waals surface area contributed by atoms with Crippen molar-refractivity contribution in [2.75, 3.05) is 31.6 Å². The molecule has 2 heterocycles. The number of nitrogens with zero attached hydrogens (tertiary/aromatic N) is 3. The fourth-order valence-electron chi connectivity index (χ4n) is 4.60. The zero-order chi connectivity index (χ0) is 24.5. The summed E-state index contributed by atoms with van der Waals surface area (Å²) in [6, 6.07) is 7.84. The van der Waals surface area contributed by atoms with Crippen LogP contribution in [0, 0.1) is 13.8 Å². The molecule has 0 bridgehead atoms. The molecule has 0 spiro atoms. The summed E-state index contributed by atoms with van der Waals surface area (Å²) in [7, 11) is 0. The minimum Gasteiger partial charge on any atom is -0.493 e. The van der Waals surface area contributed by atoms with E-state index in [-0.39, 0.29) is 6.61 Å². The highest BCUT2D eigenvalue weighted by Gasteiger charge is 2.26. The molecule has 3 aromatic rings. The monoisotopic (exact) mass is 479 g/mol. The molecule has 188 valence electrons. The largest absolute Gasteiger partial charge is 0.493 e. The summed E-state index contributed by atoms with van der Waals surface area (Å²) in [5, 5.41) is 19.9. The molecule has 1 fully saturated rings. The molecule has 8 nitrogen and oxygen atoms in total. The Morgan fingerprint density at radius 2 is 1.94 bits per heavy atom. The van der Waals surface area contributed by atoms with Crippen LogP contribution in [0.1, 0.15) is 67.9 Å². The molecule has 1 aliphatic rings. The van der Waals surface area contributed by atoms with Crippen LogP contribution >= 0.6 is 0 Å². The first-order valence-electron chi connectivity index (χ1n) is 12.8. The molecule has 0 atom stereocenters. The SMILES string of the molecule is Cc1cnc(Nc2cccc(OCCCNCCCO)c2)nc1-c1c(C2CCCCC2)noc1C. The van der Waals surface area contributed by atoms with Gasteiger partial charge in [0.05, 0.1) is 23.6 Å². The number of aliphatic hydroxyl groups is 1. The van der Waals surface area contributed by atoms with Gasteiger partial charge in [-0.05, 0) is 70.3 Å². The topological polar surface area (TPSA) is 105 Å². The Kier molecular flexibility index (Phi) is 9.08. The lowest BCUT2D eigenvalue weighted by molar-refractivity contribution is 0.282. The number of hydrogen-bond donors (Lipinski definition) is 3. The minimum atomic E-state index is 0.218. The van der Waals surface area contributed by atoms with E-state index < -0.39 is 0 Å². The molecule has 4 rings (SSSR count). The third kappa shape index (κ3) is 6.80. The van der Waals surface area contributed by atoms with E-state index >= 15 is 0 Å². The van der Waals surface area contributed by atoms with Crippen LogP contribution in [0.15, 0.2) is 35.0 Å². The van der Waals surface area contributed by atoms with Gasteiger partial charge in [0, 0.05) is 30.5 Å². The second kappa shape index (κ2) is 12.7. The molecule has 1 aromatic carbocycles. The summed E-state index contributed by atoms with van der Waals surface area (Å²) in [6.07, 6.45) is 9.61. The highest BCUT2D eigenvalue weighted by Crippen LogP contribution is 2.39. The molecule has 35 heavy (non-hydrogen) atoms. The van der Waals surface area contributed by atoms with Crippen LogP contribution in [0.3, 0.4) is 0 Å². The molecule has 0 saturated heterocycles. The van der Waals surface area contributed by atoms with E-state index in [4.69, 9.17) is 19.4 Å². The fourth-order valence-corrected chi connectivity index (χ4v) is 4.60. The number of aryl methyl sites for hydroxylation is 2. The maximum atomic E-state index is 8.82. The van der Waals surface area contributed by atoms with E-state index in [2.05, 4.69) is 20.8 Å². The molecule has 1 saturated carbocycles. The number of nitrogens with one attached hydrogen (secondary N) is 2. The Bertz CT molecular complexity index is 1080. The summed E-state index contributed by atoms with van der Waals surface area (Å²) in [4.78, 5) is 9.39. The van der Waals surface area contributed by atoms with Crippen molar-refractivity contribution in [2.24, 2.45) is 0 Å². The molecule has 3 N–H and O–H groups in total. The Morgan fingerprint density at radius 1 is 1.11 bits per heavy atom. The number of rotatable bonds is 12. The lowest BCUT2D eigenvalue weighted by atomic mass is 9.84. The second-order valence-corrected chi connectivity index (χ2v) is 9.24. The summed E-state index contributed by atoms with van der Waals surface area (Å²) < 4.78 is 11.5. The number of anilines is 2. The van der Waals surface area contributed by atoms with E-state index in [1.54, 1.807) is 0 Å². The van der Waals surface area contributed by atoms with Crippen molar-refractivity contribution in [2.45, 2.75) is 64.7 Å². The maximum Gasteiger partial charge on any atom is 0.227 e. The Hall–Kier alpha value is -2.97. The maximum absolute atomic E-state index is 8.82. The summed E-state index contributed by atoms with van der Waals surface area (Å²) >= 11 is 0. The normalized spacial score (nSPS) is 14.3. The Labute approximate surface area is 207 Å². The first kappa shape index (κ1) is 25.1. The molecule has 8 heteroatoms. The molecule has 0 amide bonds. The summed E-state index contributed by atoms with van der Waals surface area (Å²) in [6.45, 7) is 6.52. The molecular weight excluding hydrogens is 442 g/mol. The quantitative estimate of drug-likeness (QED) is 0.301. The van der Waals surface area contributed by atoms with Crippen molar-refractivity contribution < 1.29 is 14.4 Å². The van der Waals surface area contributed by atoms with Crippen LogP contribution in [-0.4, -0.2) is 46.5 Å². The average molecular weight is 480 g/mol. The average Bonchev–Trinajstić information content (AvgIpc) is 3.26. The third-order valence-corrected chi connectivity index (χ3v) is 6.46. The number of ether oxygens (including phenoxy) is 1. The second-order valence-electron chi connectivity index (χ2n) is 9.24. The van der Waals surface area contributed by atoms with Crippen molar-refractivity contribution in [3.05, 3.63) is 47.5 Å². The van der Waals surface area contributed by atoms with Gasteiger partial charge in [0.1, 0.15) is 11.5 Å². The van der Waals surface area contributed by atoms with Crippen molar-refractivity contribution in [1.82, 2.24) is 20.4 Å². The Balaban J connectivity index is 1.43. The van der Waals surface area contributed by atoms with Gasteiger partial charge in [0.2, 0.25) is 5.95 Å². The van der Waals surface area contributed by atoms with Gasteiger partial charge in [-0.25, -0.2) is 9.97 Å². The number of aliphatic hydroxyl groups excluding tert-OH is 1. The van der Waals surface area contributed by atoms with Gasteiger partial charge >= 0.3 is 0 Å². The van der Waals surface area contributed by atoms with Gasteiger partial charge in [0.15, 0.2) is 0 Å². The lowest BCUT2D eigenvalue weighted by Gasteiger charge is -2.20. The van der Waals surface area contributed by atoms with Crippen LogP contribution in [0.5, 0.6) is 5.75 Å². The van der Waals surface area contributed by atoms with E-state index in [1.165, 1.54) is 19.3 Å². The molecule has 0 unspecified atom stereocenters.